The summed E-state index contributed by atoms with van der Waals surface area (Å²) in [5, 5.41) is 3.37. The molecule has 1 aromatic heterocycles. The average Bonchev–Trinajstić information content (AvgIpc) is 2.87. The van der Waals surface area contributed by atoms with Crippen molar-refractivity contribution in [1.82, 2.24) is 9.97 Å². The first-order chi connectivity index (χ1) is 11.2. The summed E-state index contributed by atoms with van der Waals surface area (Å²) in [6.07, 6.45) is 2.01. The van der Waals surface area contributed by atoms with E-state index in [-0.39, 0.29) is 0 Å². The van der Waals surface area contributed by atoms with E-state index in [1.165, 1.54) is 11.3 Å². The smallest absolute Gasteiger partial charge is 0.139 e. The van der Waals surface area contributed by atoms with Crippen LogP contribution in [0.4, 0.5) is 17.3 Å². The molecule has 0 radical (unpaired) electrons. The van der Waals surface area contributed by atoms with Crippen LogP contribution in [-0.4, -0.2) is 36.3 Å². The molecule has 1 aromatic carbocycles. The van der Waals surface area contributed by atoms with Gasteiger partial charge in [-0.05, 0) is 38.3 Å². The van der Waals surface area contributed by atoms with Gasteiger partial charge in [-0.1, -0.05) is 18.2 Å². The van der Waals surface area contributed by atoms with Crippen molar-refractivity contribution in [2.24, 2.45) is 0 Å². The summed E-state index contributed by atoms with van der Waals surface area (Å²) in [5.41, 5.74) is 2.63. The number of fused-ring (bicyclic) bond motifs is 1. The number of rotatable bonds is 6. The van der Waals surface area contributed by atoms with Crippen molar-refractivity contribution >= 4 is 17.3 Å². The molecule has 1 atom stereocenters. The minimum Gasteiger partial charge on any atom is -0.385 e. The van der Waals surface area contributed by atoms with E-state index in [0.717, 1.165) is 43.5 Å². The number of methoxy groups -OCH3 is 1. The second-order valence-electron chi connectivity index (χ2n) is 5.98. The molecule has 0 bridgehead atoms. The highest BCUT2D eigenvalue weighted by Crippen LogP contribution is 2.37. The van der Waals surface area contributed by atoms with Gasteiger partial charge < -0.3 is 15.0 Å². The lowest BCUT2D eigenvalue weighted by Crippen LogP contribution is -2.25. The first kappa shape index (κ1) is 15.7. The molecule has 1 aliphatic rings. The van der Waals surface area contributed by atoms with Gasteiger partial charge in [0.2, 0.25) is 0 Å². The number of aromatic nitrogens is 2. The molecule has 5 heteroatoms. The highest BCUT2D eigenvalue weighted by Gasteiger charge is 2.28. The fraction of sp³-hybridized carbons (Fsp3) is 0.444. The number of hydrogen-bond acceptors (Lipinski definition) is 5. The number of hydrogen-bond donors (Lipinski definition) is 1. The van der Waals surface area contributed by atoms with Gasteiger partial charge in [0.1, 0.15) is 17.5 Å². The summed E-state index contributed by atoms with van der Waals surface area (Å²) in [4.78, 5) is 11.5. The lowest BCUT2D eigenvalue weighted by Gasteiger charge is -2.24. The van der Waals surface area contributed by atoms with Crippen molar-refractivity contribution in [1.29, 1.82) is 0 Å². The van der Waals surface area contributed by atoms with E-state index in [1.54, 1.807) is 7.11 Å². The van der Waals surface area contributed by atoms with Gasteiger partial charge in [-0.25, -0.2) is 9.97 Å². The van der Waals surface area contributed by atoms with Crippen LogP contribution < -0.4 is 10.2 Å². The van der Waals surface area contributed by atoms with Crippen LogP contribution in [0.25, 0.3) is 0 Å². The molecular formula is C18H24N4O. The van der Waals surface area contributed by atoms with Crippen molar-refractivity contribution in [2.75, 3.05) is 30.5 Å². The van der Waals surface area contributed by atoms with Crippen molar-refractivity contribution in [3.8, 4) is 0 Å². The van der Waals surface area contributed by atoms with E-state index < -0.39 is 0 Å². The number of ether oxygens (including phenoxy) is 1. The molecule has 122 valence electrons. The standard InChI is InChI=1S/C18H24N4O/c1-13-11-15-7-4-5-8-16(15)22(13)18-12-17(20-14(2)21-18)19-9-6-10-23-3/h4-5,7-8,12-13H,6,9-11H2,1-3H3,(H,19,20,21). The molecule has 1 unspecified atom stereocenters. The Kier molecular flexibility index (Phi) is 4.76. The van der Waals surface area contributed by atoms with Gasteiger partial charge >= 0.3 is 0 Å². The molecule has 5 nitrogen and oxygen atoms in total. The van der Waals surface area contributed by atoms with E-state index in [4.69, 9.17) is 4.74 Å². The maximum Gasteiger partial charge on any atom is 0.139 e. The predicted molar refractivity (Wildman–Crippen MR) is 93.5 cm³/mol. The first-order valence-corrected chi connectivity index (χ1v) is 8.14. The highest BCUT2D eigenvalue weighted by molar-refractivity contribution is 5.70. The van der Waals surface area contributed by atoms with E-state index in [2.05, 4.69) is 51.4 Å². The Labute approximate surface area is 137 Å². The second kappa shape index (κ2) is 6.96. The van der Waals surface area contributed by atoms with Gasteiger partial charge in [0.15, 0.2) is 0 Å². The summed E-state index contributed by atoms with van der Waals surface area (Å²) < 4.78 is 5.08. The summed E-state index contributed by atoms with van der Waals surface area (Å²) in [7, 11) is 1.72. The number of nitrogens with zero attached hydrogens (tertiary/aromatic N) is 3. The van der Waals surface area contributed by atoms with E-state index in [0.29, 0.717) is 6.04 Å². The zero-order valence-corrected chi connectivity index (χ0v) is 14.0. The lowest BCUT2D eigenvalue weighted by atomic mass is 10.1. The van der Waals surface area contributed by atoms with Crippen LogP contribution in [-0.2, 0) is 11.2 Å². The van der Waals surface area contributed by atoms with E-state index >= 15 is 0 Å². The Morgan fingerprint density at radius 1 is 1.30 bits per heavy atom. The molecule has 2 heterocycles. The minimum atomic E-state index is 0.406. The molecule has 0 saturated heterocycles. The van der Waals surface area contributed by atoms with Gasteiger partial charge in [0.25, 0.3) is 0 Å². The third kappa shape index (κ3) is 3.45. The number of benzene rings is 1. The molecule has 0 spiro atoms. The van der Waals surface area contributed by atoms with Gasteiger partial charge in [-0.3, -0.25) is 0 Å². The minimum absolute atomic E-state index is 0.406. The fourth-order valence-corrected chi connectivity index (χ4v) is 3.11. The van der Waals surface area contributed by atoms with Crippen LogP contribution >= 0.6 is 0 Å². The Bertz CT molecular complexity index is 674. The highest BCUT2D eigenvalue weighted by atomic mass is 16.5. The normalized spacial score (nSPS) is 16.5. The topological polar surface area (TPSA) is 50.3 Å². The first-order valence-electron chi connectivity index (χ1n) is 8.14. The maximum atomic E-state index is 5.08. The fourth-order valence-electron chi connectivity index (χ4n) is 3.11. The summed E-state index contributed by atoms with van der Waals surface area (Å²) in [6.45, 7) is 5.77. The second-order valence-corrected chi connectivity index (χ2v) is 5.98. The summed E-state index contributed by atoms with van der Waals surface area (Å²) in [6, 6.07) is 11.0. The molecular weight excluding hydrogens is 288 g/mol. The van der Waals surface area contributed by atoms with Crippen LogP contribution in [0, 0.1) is 6.92 Å². The van der Waals surface area contributed by atoms with Crippen LogP contribution in [0.15, 0.2) is 30.3 Å². The Morgan fingerprint density at radius 2 is 2.13 bits per heavy atom. The molecule has 2 aromatic rings. The Balaban J connectivity index is 1.84. The van der Waals surface area contributed by atoms with Gasteiger partial charge in [-0.2, -0.15) is 0 Å². The molecule has 3 rings (SSSR count). The SMILES string of the molecule is COCCCNc1cc(N2c3ccccc3CC2C)nc(C)n1. The molecule has 0 aliphatic carbocycles. The number of aryl methyl sites for hydroxylation is 1. The molecule has 1 aliphatic heterocycles. The molecule has 1 N–H and O–H groups in total. The number of para-hydroxylation sites is 1. The third-order valence-electron chi connectivity index (χ3n) is 4.11. The van der Waals surface area contributed by atoms with Crippen molar-refractivity contribution < 1.29 is 4.74 Å². The van der Waals surface area contributed by atoms with Gasteiger partial charge in [0.05, 0.1) is 0 Å². The van der Waals surface area contributed by atoms with Crippen LogP contribution in [0.3, 0.4) is 0 Å². The summed E-state index contributed by atoms with van der Waals surface area (Å²) >= 11 is 0. The zero-order chi connectivity index (χ0) is 16.2. The van der Waals surface area contributed by atoms with Crippen molar-refractivity contribution in [2.45, 2.75) is 32.7 Å². The van der Waals surface area contributed by atoms with Crippen molar-refractivity contribution in [3.63, 3.8) is 0 Å². The molecule has 23 heavy (non-hydrogen) atoms. The van der Waals surface area contributed by atoms with Crippen LogP contribution in [0.2, 0.25) is 0 Å². The molecule has 0 saturated carbocycles. The number of nitrogens with one attached hydrogen (secondary N) is 1. The Hall–Kier alpha value is -2.14. The van der Waals surface area contributed by atoms with Gasteiger partial charge in [0, 0.05) is 38.1 Å². The van der Waals surface area contributed by atoms with Crippen molar-refractivity contribution in [3.05, 3.63) is 41.7 Å². The zero-order valence-electron chi connectivity index (χ0n) is 14.0. The maximum absolute atomic E-state index is 5.08. The third-order valence-corrected chi connectivity index (χ3v) is 4.11. The average molecular weight is 312 g/mol. The number of anilines is 3. The van der Waals surface area contributed by atoms with Crippen LogP contribution in [0.1, 0.15) is 24.7 Å². The van der Waals surface area contributed by atoms with Crippen LogP contribution in [0.5, 0.6) is 0 Å². The Morgan fingerprint density at radius 3 is 2.96 bits per heavy atom. The predicted octanol–water partition coefficient (Wildman–Crippen LogP) is 3.32. The lowest BCUT2D eigenvalue weighted by molar-refractivity contribution is 0.198. The quantitative estimate of drug-likeness (QED) is 0.829. The van der Waals surface area contributed by atoms with E-state index in [1.807, 2.05) is 13.0 Å². The largest absolute Gasteiger partial charge is 0.385 e. The van der Waals surface area contributed by atoms with Gasteiger partial charge in [-0.15, -0.1) is 0 Å². The molecule has 0 fully saturated rings. The van der Waals surface area contributed by atoms with E-state index in [9.17, 15) is 0 Å². The molecule has 0 amide bonds. The summed E-state index contributed by atoms with van der Waals surface area (Å²) in [5.74, 6) is 2.62. The monoisotopic (exact) mass is 312 g/mol.